The van der Waals surface area contributed by atoms with E-state index >= 15 is 0 Å². The van der Waals surface area contributed by atoms with E-state index in [0.717, 1.165) is 0 Å². The molecule has 1 aliphatic rings. The van der Waals surface area contributed by atoms with E-state index in [9.17, 15) is 9.00 Å². The van der Waals surface area contributed by atoms with Gasteiger partial charge in [0.2, 0.25) is 0 Å². The van der Waals surface area contributed by atoms with Crippen LogP contribution in [-0.4, -0.2) is 31.6 Å². The Balaban J connectivity index is 2.32. The lowest BCUT2D eigenvalue weighted by molar-refractivity contribution is -0.139. The minimum absolute atomic E-state index is 0.0157. The SMILES string of the molecule is N[C@H](C(=O)O)C1CC1CS(=O)O. The number of carboxylic acid groups (broad SMARTS) is 1. The van der Waals surface area contributed by atoms with Crippen LogP contribution < -0.4 is 5.73 Å². The van der Waals surface area contributed by atoms with Gasteiger partial charge in [-0.15, -0.1) is 0 Å². The van der Waals surface area contributed by atoms with Crippen molar-refractivity contribution in [2.45, 2.75) is 12.5 Å². The molecular formula is C6H11NO4S. The van der Waals surface area contributed by atoms with Crippen molar-refractivity contribution in [1.82, 2.24) is 0 Å². The van der Waals surface area contributed by atoms with Gasteiger partial charge in [0.25, 0.3) is 0 Å². The highest BCUT2D eigenvalue weighted by Gasteiger charge is 2.44. The fourth-order valence-electron chi connectivity index (χ4n) is 1.27. The molecule has 1 saturated carbocycles. The fraction of sp³-hybridized carbons (Fsp3) is 0.833. The summed E-state index contributed by atoms with van der Waals surface area (Å²) in [6.45, 7) is 0. The zero-order valence-electron chi connectivity index (χ0n) is 6.34. The van der Waals surface area contributed by atoms with E-state index in [1.165, 1.54) is 0 Å². The van der Waals surface area contributed by atoms with Crippen LogP contribution in [0.4, 0.5) is 0 Å². The molecule has 1 fully saturated rings. The van der Waals surface area contributed by atoms with E-state index in [1.807, 2.05) is 0 Å². The Bertz CT molecular complexity index is 220. The maximum atomic E-state index is 10.3. The third-order valence-corrected chi connectivity index (χ3v) is 2.79. The summed E-state index contributed by atoms with van der Waals surface area (Å²) in [5, 5.41) is 8.48. The van der Waals surface area contributed by atoms with E-state index in [1.54, 1.807) is 0 Å². The van der Waals surface area contributed by atoms with Gasteiger partial charge in [0, 0.05) is 0 Å². The highest BCUT2D eigenvalue weighted by atomic mass is 32.2. The van der Waals surface area contributed by atoms with Crippen molar-refractivity contribution in [3.8, 4) is 0 Å². The molecule has 0 bridgehead atoms. The fourth-order valence-corrected chi connectivity index (χ4v) is 2.02. The molecular weight excluding hydrogens is 182 g/mol. The third-order valence-electron chi connectivity index (χ3n) is 2.08. The molecule has 0 spiro atoms. The van der Waals surface area contributed by atoms with Crippen molar-refractivity contribution in [3.63, 3.8) is 0 Å². The van der Waals surface area contributed by atoms with Crippen molar-refractivity contribution in [3.05, 3.63) is 0 Å². The summed E-state index contributed by atoms with van der Waals surface area (Å²) in [6.07, 6.45) is 0.653. The average molecular weight is 193 g/mol. The number of aliphatic carboxylic acids is 1. The van der Waals surface area contributed by atoms with E-state index in [-0.39, 0.29) is 17.6 Å². The molecule has 6 heteroatoms. The monoisotopic (exact) mass is 193 g/mol. The molecule has 0 heterocycles. The van der Waals surface area contributed by atoms with Gasteiger partial charge in [-0.2, -0.15) is 0 Å². The third kappa shape index (κ3) is 2.26. The first-order chi connectivity index (χ1) is 5.52. The van der Waals surface area contributed by atoms with Crippen LogP contribution in [-0.2, 0) is 15.9 Å². The van der Waals surface area contributed by atoms with Crippen molar-refractivity contribution < 1.29 is 18.7 Å². The van der Waals surface area contributed by atoms with Gasteiger partial charge < -0.3 is 15.4 Å². The number of carbonyl (C=O) groups is 1. The van der Waals surface area contributed by atoms with Gasteiger partial charge in [0.15, 0.2) is 11.1 Å². The van der Waals surface area contributed by atoms with Gasteiger partial charge in [-0.05, 0) is 18.3 Å². The van der Waals surface area contributed by atoms with Crippen LogP contribution in [0.1, 0.15) is 6.42 Å². The van der Waals surface area contributed by atoms with Crippen LogP contribution in [0.2, 0.25) is 0 Å². The Labute approximate surface area is 72.2 Å². The van der Waals surface area contributed by atoms with Crippen molar-refractivity contribution in [2.24, 2.45) is 17.6 Å². The molecule has 0 saturated heterocycles. The second-order valence-electron chi connectivity index (χ2n) is 3.01. The molecule has 4 N–H and O–H groups in total. The van der Waals surface area contributed by atoms with E-state index < -0.39 is 23.1 Å². The van der Waals surface area contributed by atoms with Crippen LogP contribution >= 0.6 is 0 Å². The first kappa shape index (κ1) is 9.63. The van der Waals surface area contributed by atoms with Gasteiger partial charge in [0.05, 0.1) is 5.75 Å². The molecule has 1 rings (SSSR count). The topological polar surface area (TPSA) is 101 Å². The summed E-state index contributed by atoms with van der Waals surface area (Å²) in [4.78, 5) is 10.3. The lowest BCUT2D eigenvalue weighted by Gasteiger charge is -2.03. The Hall–Kier alpha value is -0.460. The normalized spacial score (nSPS) is 32.5. The van der Waals surface area contributed by atoms with Gasteiger partial charge in [-0.3, -0.25) is 4.79 Å². The smallest absolute Gasteiger partial charge is 0.320 e. The minimum Gasteiger partial charge on any atom is -0.480 e. The first-order valence-electron chi connectivity index (χ1n) is 3.58. The van der Waals surface area contributed by atoms with Crippen molar-refractivity contribution in [1.29, 1.82) is 0 Å². The maximum Gasteiger partial charge on any atom is 0.320 e. The lowest BCUT2D eigenvalue weighted by Crippen LogP contribution is -2.33. The van der Waals surface area contributed by atoms with Crippen LogP contribution in [0, 0.1) is 11.8 Å². The predicted molar refractivity (Wildman–Crippen MR) is 42.8 cm³/mol. The van der Waals surface area contributed by atoms with Crippen LogP contribution in [0.15, 0.2) is 0 Å². The van der Waals surface area contributed by atoms with E-state index in [2.05, 4.69) is 0 Å². The standard InChI is InChI=1S/C6H11NO4S/c7-5(6(8)9)4-1-3(4)2-12(10)11/h3-5H,1-2,7H2,(H,8,9)(H,10,11)/t3?,4?,5-/m0/s1. The summed E-state index contributed by atoms with van der Waals surface area (Å²) in [5.74, 6) is -0.988. The molecule has 4 atom stereocenters. The van der Waals surface area contributed by atoms with Gasteiger partial charge in [-0.25, -0.2) is 4.21 Å². The molecule has 0 aliphatic heterocycles. The maximum absolute atomic E-state index is 10.3. The second-order valence-corrected chi connectivity index (χ2v) is 3.99. The highest BCUT2D eigenvalue weighted by molar-refractivity contribution is 7.79. The van der Waals surface area contributed by atoms with Crippen molar-refractivity contribution >= 4 is 17.0 Å². The number of carboxylic acids is 1. The predicted octanol–water partition coefficient (Wildman–Crippen LogP) is -0.744. The molecule has 70 valence electrons. The number of hydrogen-bond donors (Lipinski definition) is 3. The largest absolute Gasteiger partial charge is 0.480 e. The molecule has 12 heavy (non-hydrogen) atoms. The van der Waals surface area contributed by atoms with E-state index in [4.69, 9.17) is 15.4 Å². The van der Waals surface area contributed by atoms with E-state index in [0.29, 0.717) is 6.42 Å². The Kier molecular flexibility index (Phi) is 2.81. The molecule has 3 unspecified atom stereocenters. The van der Waals surface area contributed by atoms with Gasteiger partial charge in [-0.1, -0.05) is 0 Å². The molecule has 0 amide bonds. The summed E-state index contributed by atoms with van der Waals surface area (Å²) < 4.78 is 18.8. The molecule has 0 aromatic heterocycles. The Morgan fingerprint density at radius 1 is 1.75 bits per heavy atom. The van der Waals surface area contributed by atoms with Crippen LogP contribution in [0.5, 0.6) is 0 Å². The molecule has 5 nitrogen and oxygen atoms in total. The molecule has 0 aromatic rings. The Morgan fingerprint density at radius 2 is 2.33 bits per heavy atom. The van der Waals surface area contributed by atoms with Gasteiger partial charge in [0.1, 0.15) is 6.04 Å². The number of hydrogen-bond acceptors (Lipinski definition) is 3. The van der Waals surface area contributed by atoms with Crippen LogP contribution in [0.25, 0.3) is 0 Å². The second kappa shape index (κ2) is 3.51. The lowest BCUT2D eigenvalue weighted by atomic mass is 10.2. The highest BCUT2D eigenvalue weighted by Crippen LogP contribution is 2.40. The zero-order chi connectivity index (χ0) is 9.30. The average Bonchev–Trinajstić information content (AvgIpc) is 2.64. The minimum atomic E-state index is -1.83. The Morgan fingerprint density at radius 3 is 2.75 bits per heavy atom. The molecule has 0 aromatic carbocycles. The quantitative estimate of drug-likeness (QED) is 0.510. The van der Waals surface area contributed by atoms with Gasteiger partial charge >= 0.3 is 5.97 Å². The summed E-state index contributed by atoms with van der Waals surface area (Å²) in [5.41, 5.74) is 5.31. The van der Waals surface area contributed by atoms with Crippen LogP contribution in [0.3, 0.4) is 0 Å². The zero-order valence-corrected chi connectivity index (χ0v) is 7.16. The number of nitrogens with two attached hydrogens (primary N) is 1. The summed E-state index contributed by atoms with van der Waals surface area (Å²) in [7, 11) is 0. The summed E-state index contributed by atoms with van der Waals surface area (Å²) >= 11 is -1.83. The number of rotatable bonds is 4. The van der Waals surface area contributed by atoms with Crippen molar-refractivity contribution in [2.75, 3.05) is 5.75 Å². The molecule has 0 radical (unpaired) electrons. The molecule has 1 aliphatic carbocycles. The summed E-state index contributed by atoms with van der Waals surface area (Å²) in [6, 6.07) is -0.876. The first-order valence-corrected chi connectivity index (χ1v) is 4.85.